The van der Waals surface area contributed by atoms with Gasteiger partial charge in [-0.15, -0.1) is 0 Å². The van der Waals surface area contributed by atoms with Gasteiger partial charge in [-0.3, -0.25) is 4.79 Å². The molecule has 0 aromatic heterocycles. The fraction of sp³-hybridized carbons (Fsp3) is 0.462. The molecule has 0 atom stereocenters. The first-order valence-electron chi connectivity index (χ1n) is 5.85. The highest BCUT2D eigenvalue weighted by Gasteiger charge is 2.41. The summed E-state index contributed by atoms with van der Waals surface area (Å²) < 4.78 is 5.93. The van der Waals surface area contributed by atoms with Gasteiger partial charge in [-0.05, 0) is 18.1 Å². The number of ether oxygens (including phenoxy) is 1. The van der Waals surface area contributed by atoms with E-state index in [1.807, 2.05) is 24.3 Å². The number of nitrogens with one attached hydrogen (secondary N) is 1. The lowest BCUT2D eigenvalue weighted by Crippen LogP contribution is -2.64. The normalized spacial score (nSPS) is 17.2. The van der Waals surface area contributed by atoms with Gasteiger partial charge in [0.15, 0.2) is 0 Å². The second kappa shape index (κ2) is 4.75. The minimum absolute atomic E-state index is 0.0397. The lowest BCUT2D eigenvalue weighted by atomic mass is 9.92. The summed E-state index contributed by atoms with van der Waals surface area (Å²) >= 11 is 0. The Hall–Kier alpha value is -1.55. The number of carboxylic acids is 1. The smallest absolute Gasteiger partial charge is 0.307 e. The molecule has 1 aliphatic heterocycles. The average molecular weight is 235 g/mol. The Balaban J connectivity index is 2.15. The molecule has 4 nitrogen and oxygen atoms in total. The number of para-hydroxylation sites is 1. The van der Waals surface area contributed by atoms with Crippen LogP contribution in [0.25, 0.3) is 0 Å². The molecule has 0 amide bonds. The fourth-order valence-corrected chi connectivity index (χ4v) is 2.04. The summed E-state index contributed by atoms with van der Waals surface area (Å²) in [6.07, 6.45) is 0.921. The summed E-state index contributed by atoms with van der Waals surface area (Å²) in [6.45, 7) is 3.25. The molecule has 1 aliphatic rings. The molecule has 0 saturated carbocycles. The van der Waals surface area contributed by atoms with Crippen LogP contribution in [-0.4, -0.2) is 29.8 Å². The van der Waals surface area contributed by atoms with Crippen LogP contribution in [0, 0.1) is 0 Å². The van der Waals surface area contributed by atoms with Crippen molar-refractivity contribution in [3.05, 3.63) is 29.8 Å². The molecule has 17 heavy (non-hydrogen) atoms. The van der Waals surface area contributed by atoms with Gasteiger partial charge in [0.05, 0.1) is 6.42 Å². The summed E-state index contributed by atoms with van der Waals surface area (Å²) in [4.78, 5) is 10.8. The number of hydrogen-bond acceptors (Lipinski definition) is 3. The monoisotopic (exact) mass is 235 g/mol. The van der Waals surface area contributed by atoms with Crippen molar-refractivity contribution in [1.29, 1.82) is 0 Å². The second-order valence-electron chi connectivity index (χ2n) is 4.42. The number of carbonyl (C=O) groups is 1. The zero-order valence-electron chi connectivity index (χ0n) is 9.90. The quantitative estimate of drug-likeness (QED) is 0.811. The number of benzene rings is 1. The van der Waals surface area contributed by atoms with Crippen molar-refractivity contribution >= 4 is 5.97 Å². The number of rotatable bonds is 5. The highest BCUT2D eigenvalue weighted by Crippen LogP contribution is 2.28. The number of aliphatic carboxylic acids is 1. The lowest BCUT2D eigenvalue weighted by molar-refractivity contribution is -0.143. The van der Waals surface area contributed by atoms with Crippen LogP contribution in [0.5, 0.6) is 5.75 Å². The van der Waals surface area contributed by atoms with Crippen molar-refractivity contribution in [3.63, 3.8) is 0 Å². The second-order valence-corrected chi connectivity index (χ2v) is 4.42. The summed E-state index contributed by atoms with van der Waals surface area (Å²) in [5.41, 5.74) is 0.543. The van der Waals surface area contributed by atoms with E-state index in [0.29, 0.717) is 13.1 Å². The number of hydrogen-bond donors (Lipinski definition) is 2. The molecule has 1 saturated heterocycles. The van der Waals surface area contributed by atoms with Crippen molar-refractivity contribution in [2.45, 2.75) is 25.4 Å². The first kappa shape index (κ1) is 11.9. The van der Waals surface area contributed by atoms with Crippen molar-refractivity contribution in [2.75, 3.05) is 13.1 Å². The predicted molar refractivity (Wildman–Crippen MR) is 64.3 cm³/mol. The highest BCUT2D eigenvalue weighted by atomic mass is 16.5. The molecule has 4 heteroatoms. The van der Waals surface area contributed by atoms with E-state index in [0.717, 1.165) is 17.7 Å². The zero-order chi connectivity index (χ0) is 12.3. The highest BCUT2D eigenvalue weighted by molar-refractivity contribution is 5.68. The van der Waals surface area contributed by atoms with Crippen molar-refractivity contribution in [3.8, 4) is 5.75 Å². The van der Waals surface area contributed by atoms with E-state index < -0.39 is 11.6 Å². The third-order valence-corrected chi connectivity index (χ3v) is 3.05. The third-order valence-electron chi connectivity index (χ3n) is 3.05. The topological polar surface area (TPSA) is 58.6 Å². The molecule has 0 unspecified atom stereocenters. The fourth-order valence-electron chi connectivity index (χ4n) is 2.04. The van der Waals surface area contributed by atoms with Crippen LogP contribution < -0.4 is 10.1 Å². The molecule has 1 heterocycles. The largest absolute Gasteiger partial charge is 0.484 e. The van der Waals surface area contributed by atoms with Gasteiger partial charge in [-0.25, -0.2) is 0 Å². The van der Waals surface area contributed by atoms with E-state index in [1.54, 1.807) is 0 Å². The molecule has 2 rings (SSSR count). The van der Waals surface area contributed by atoms with Crippen molar-refractivity contribution < 1.29 is 14.6 Å². The lowest BCUT2D eigenvalue weighted by Gasteiger charge is -2.41. The van der Waals surface area contributed by atoms with Crippen LogP contribution in [0.3, 0.4) is 0 Å². The van der Waals surface area contributed by atoms with E-state index >= 15 is 0 Å². The van der Waals surface area contributed by atoms with Crippen molar-refractivity contribution in [2.24, 2.45) is 0 Å². The minimum atomic E-state index is -0.819. The van der Waals surface area contributed by atoms with Crippen molar-refractivity contribution in [1.82, 2.24) is 5.32 Å². The summed E-state index contributed by atoms with van der Waals surface area (Å²) in [6, 6.07) is 7.79. The first-order valence-corrected chi connectivity index (χ1v) is 5.85. The van der Waals surface area contributed by atoms with Gasteiger partial charge < -0.3 is 15.2 Å². The maximum atomic E-state index is 10.8. The SMILES string of the molecule is CCc1ccccc1OC1(CC(=O)O)CNC1. The Labute approximate surface area is 101 Å². The maximum Gasteiger partial charge on any atom is 0.307 e. The third kappa shape index (κ3) is 2.58. The minimum Gasteiger partial charge on any atom is -0.484 e. The predicted octanol–water partition coefficient (Wildman–Crippen LogP) is 1.44. The average Bonchev–Trinajstić information content (AvgIpc) is 2.26. The van der Waals surface area contributed by atoms with Gasteiger partial charge in [-0.2, -0.15) is 0 Å². The molecular weight excluding hydrogens is 218 g/mol. The molecule has 0 radical (unpaired) electrons. The molecule has 92 valence electrons. The number of aryl methyl sites for hydroxylation is 1. The Morgan fingerprint density at radius 1 is 1.47 bits per heavy atom. The van der Waals surface area contributed by atoms with Gasteiger partial charge in [0, 0.05) is 13.1 Å². The van der Waals surface area contributed by atoms with E-state index in [1.165, 1.54) is 0 Å². The van der Waals surface area contributed by atoms with Crippen LogP contribution in [0.2, 0.25) is 0 Å². The van der Waals surface area contributed by atoms with Gasteiger partial charge >= 0.3 is 5.97 Å². The van der Waals surface area contributed by atoms with Gasteiger partial charge in [0.1, 0.15) is 11.4 Å². The molecular formula is C13H17NO3. The van der Waals surface area contributed by atoms with Gasteiger partial charge in [0.2, 0.25) is 0 Å². The first-order chi connectivity index (χ1) is 8.15. The summed E-state index contributed by atoms with van der Waals surface area (Å²) in [7, 11) is 0. The Morgan fingerprint density at radius 2 is 2.18 bits per heavy atom. The van der Waals surface area contributed by atoms with E-state index in [2.05, 4.69) is 12.2 Å². The Kier molecular flexibility index (Phi) is 3.33. The van der Waals surface area contributed by atoms with E-state index in [-0.39, 0.29) is 6.42 Å². The van der Waals surface area contributed by atoms with E-state index in [4.69, 9.17) is 9.84 Å². The standard InChI is InChI=1S/C13H17NO3/c1-2-10-5-3-4-6-11(10)17-13(7-12(15)16)8-14-9-13/h3-6,14H,2,7-9H2,1H3,(H,15,16). The molecule has 1 aromatic carbocycles. The van der Waals surface area contributed by atoms with Crippen LogP contribution in [0.1, 0.15) is 18.9 Å². The molecule has 0 aliphatic carbocycles. The van der Waals surface area contributed by atoms with Crippen LogP contribution >= 0.6 is 0 Å². The van der Waals surface area contributed by atoms with Crippen LogP contribution in [-0.2, 0) is 11.2 Å². The Bertz CT molecular complexity index is 413. The van der Waals surface area contributed by atoms with Gasteiger partial charge in [-0.1, -0.05) is 25.1 Å². The summed E-state index contributed by atoms with van der Waals surface area (Å²) in [5, 5.41) is 12.0. The van der Waals surface area contributed by atoms with Gasteiger partial charge in [0.25, 0.3) is 0 Å². The zero-order valence-corrected chi connectivity index (χ0v) is 9.90. The van der Waals surface area contributed by atoms with E-state index in [9.17, 15) is 4.79 Å². The van der Waals surface area contributed by atoms with Crippen LogP contribution in [0.15, 0.2) is 24.3 Å². The Morgan fingerprint density at radius 3 is 2.71 bits per heavy atom. The van der Waals surface area contributed by atoms with Crippen LogP contribution in [0.4, 0.5) is 0 Å². The molecule has 2 N–H and O–H groups in total. The molecule has 1 aromatic rings. The molecule has 1 fully saturated rings. The molecule has 0 spiro atoms. The molecule has 0 bridgehead atoms. The summed E-state index contributed by atoms with van der Waals surface area (Å²) in [5.74, 6) is -0.0155. The maximum absolute atomic E-state index is 10.8. The number of carboxylic acid groups (broad SMARTS) is 1.